The summed E-state index contributed by atoms with van der Waals surface area (Å²) in [5.41, 5.74) is 2.79. The summed E-state index contributed by atoms with van der Waals surface area (Å²) < 4.78 is 30.0. The topological polar surface area (TPSA) is 92.3 Å². The molecule has 0 aromatic carbocycles. The number of H-pyrrole nitrogens is 1. The van der Waals surface area contributed by atoms with Crippen LogP contribution < -0.4 is 4.65 Å². The fourth-order valence-corrected chi connectivity index (χ4v) is 6.32. The number of nitrogens with one attached hydrogen (secondary N) is 1. The van der Waals surface area contributed by atoms with Crippen LogP contribution in [0.4, 0.5) is 0 Å². The molecule has 0 radical (unpaired) electrons. The van der Waals surface area contributed by atoms with Crippen LogP contribution in [0.2, 0.25) is 0 Å². The lowest BCUT2D eigenvalue weighted by molar-refractivity contribution is 0.272. The number of aromatic nitrogens is 2. The van der Waals surface area contributed by atoms with Crippen molar-refractivity contribution in [2.24, 2.45) is 17.8 Å². The number of aromatic amines is 1. The SMILES string of the molecule is CC(C)CS(=O)(=O)CC1CC(C2=CB(O)Oc3cnc4[nH]ccc4c32)C1. The zero-order valence-corrected chi connectivity index (χ0v) is 15.8. The summed E-state index contributed by atoms with van der Waals surface area (Å²) in [5, 5.41) is 11.0. The van der Waals surface area contributed by atoms with Crippen LogP contribution in [-0.2, 0) is 9.84 Å². The summed E-state index contributed by atoms with van der Waals surface area (Å²) in [4.78, 5) is 7.42. The van der Waals surface area contributed by atoms with Crippen LogP contribution in [0.5, 0.6) is 5.75 Å². The molecule has 1 fully saturated rings. The summed E-state index contributed by atoms with van der Waals surface area (Å²) >= 11 is 0. The molecule has 0 saturated heterocycles. The van der Waals surface area contributed by atoms with Gasteiger partial charge in [-0.3, -0.25) is 0 Å². The van der Waals surface area contributed by atoms with Gasteiger partial charge in [0.2, 0.25) is 0 Å². The Hall–Kier alpha value is -1.80. The summed E-state index contributed by atoms with van der Waals surface area (Å²) in [5.74, 6) is 3.43. The van der Waals surface area contributed by atoms with Crippen molar-refractivity contribution in [1.29, 1.82) is 0 Å². The van der Waals surface area contributed by atoms with E-state index in [1.165, 1.54) is 0 Å². The van der Waals surface area contributed by atoms with Crippen molar-refractivity contribution < 1.29 is 18.1 Å². The second-order valence-electron chi connectivity index (χ2n) is 7.87. The van der Waals surface area contributed by atoms with Crippen LogP contribution in [0.1, 0.15) is 32.3 Å². The molecule has 138 valence electrons. The predicted octanol–water partition coefficient (Wildman–Crippen LogP) is 2.46. The monoisotopic (exact) mass is 374 g/mol. The Kier molecular flexibility index (Phi) is 4.35. The molecule has 4 rings (SSSR count). The van der Waals surface area contributed by atoms with Crippen molar-refractivity contribution in [3.63, 3.8) is 0 Å². The Morgan fingerprint density at radius 3 is 2.92 bits per heavy atom. The minimum Gasteiger partial charge on any atom is -0.531 e. The fraction of sp³-hybridized carbons (Fsp3) is 0.500. The fourth-order valence-electron chi connectivity index (χ4n) is 4.18. The van der Waals surface area contributed by atoms with Gasteiger partial charge in [-0.15, -0.1) is 0 Å². The molecule has 2 N–H and O–H groups in total. The van der Waals surface area contributed by atoms with Gasteiger partial charge < -0.3 is 14.7 Å². The maximum Gasteiger partial charge on any atom is 0.552 e. The van der Waals surface area contributed by atoms with Gasteiger partial charge in [0.15, 0.2) is 9.84 Å². The standard InChI is InChI=1S/C18H23BN2O4S/c1-11(2)9-26(23,24)10-12-5-13(6-12)15-7-19(22)25-16-8-21-18-14(17(15)16)3-4-20-18/h3-4,7-8,11-13,22H,5-6,9-10H2,1-2H3,(H,20,21). The van der Waals surface area contributed by atoms with Crippen LogP contribution >= 0.6 is 0 Å². The van der Waals surface area contributed by atoms with Crippen molar-refractivity contribution in [3.8, 4) is 5.75 Å². The zero-order chi connectivity index (χ0) is 18.5. The quantitative estimate of drug-likeness (QED) is 0.785. The van der Waals surface area contributed by atoms with Gasteiger partial charge in [-0.25, -0.2) is 13.4 Å². The van der Waals surface area contributed by atoms with E-state index < -0.39 is 17.0 Å². The number of hydrogen-bond donors (Lipinski definition) is 2. The van der Waals surface area contributed by atoms with E-state index in [0.29, 0.717) is 5.75 Å². The van der Waals surface area contributed by atoms with Crippen LogP contribution in [0.3, 0.4) is 0 Å². The number of fused-ring (bicyclic) bond motifs is 3. The number of pyridine rings is 1. The van der Waals surface area contributed by atoms with Crippen molar-refractivity contribution in [3.05, 3.63) is 30.0 Å². The molecular formula is C18H23BN2O4S. The highest BCUT2D eigenvalue weighted by Gasteiger charge is 2.39. The van der Waals surface area contributed by atoms with Gasteiger partial charge in [0.05, 0.1) is 17.7 Å². The predicted molar refractivity (Wildman–Crippen MR) is 102 cm³/mol. The lowest BCUT2D eigenvalue weighted by Crippen LogP contribution is -2.34. The van der Waals surface area contributed by atoms with Crippen LogP contribution in [0.25, 0.3) is 16.6 Å². The van der Waals surface area contributed by atoms with Crippen molar-refractivity contribution in [2.75, 3.05) is 11.5 Å². The molecule has 1 aliphatic heterocycles. The first kappa shape index (κ1) is 17.6. The third-order valence-electron chi connectivity index (χ3n) is 5.16. The van der Waals surface area contributed by atoms with Gasteiger partial charge in [0.1, 0.15) is 11.4 Å². The molecule has 8 heteroatoms. The Morgan fingerprint density at radius 1 is 1.42 bits per heavy atom. The highest BCUT2D eigenvalue weighted by molar-refractivity contribution is 7.91. The molecule has 2 aliphatic rings. The van der Waals surface area contributed by atoms with E-state index in [4.69, 9.17) is 4.65 Å². The molecule has 0 atom stereocenters. The van der Waals surface area contributed by atoms with Crippen molar-refractivity contribution in [1.82, 2.24) is 9.97 Å². The largest absolute Gasteiger partial charge is 0.552 e. The third-order valence-corrected chi connectivity index (χ3v) is 7.32. The molecule has 2 aromatic rings. The van der Waals surface area contributed by atoms with E-state index in [1.54, 1.807) is 12.2 Å². The maximum atomic E-state index is 12.2. The van der Waals surface area contributed by atoms with E-state index in [1.807, 2.05) is 26.1 Å². The minimum atomic E-state index is -3.00. The number of allylic oxidation sites excluding steroid dienone is 1. The lowest BCUT2D eigenvalue weighted by Gasteiger charge is -2.39. The van der Waals surface area contributed by atoms with E-state index in [0.717, 1.165) is 35.0 Å². The molecule has 0 spiro atoms. The molecule has 0 amide bonds. The van der Waals surface area contributed by atoms with Crippen LogP contribution in [-0.4, -0.2) is 42.0 Å². The van der Waals surface area contributed by atoms with E-state index in [2.05, 4.69) is 9.97 Å². The average Bonchev–Trinajstić information content (AvgIpc) is 2.96. The summed E-state index contributed by atoms with van der Waals surface area (Å²) in [6, 6.07) is 1.96. The lowest BCUT2D eigenvalue weighted by atomic mass is 9.66. The summed E-state index contributed by atoms with van der Waals surface area (Å²) in [7, 11) is -3.99. The Morgan fingerprint density at radius 2 is 2.19 bits per heavy atom. The molecule has 0 bridgehead atoms. The average molecular weight is 374 g/mol. The molecule has 0 unspecified atom stereocenters. The number of sulfone groups is 1. The number of nitrogens with zero attached hydrogens (tertiary/aromatic N) is 1. The van der Waals surface area contributed by atoms with Gasteiger partial charge in [0, 0.05) is 17.1 Å². The minimum absolute atomic E-state index is 0.158. The second kappa shape index (κ2) is 6.42. The molecule has 26 heavy (non-hydrogen) atoms. The molecule has 6 nitrogen and oxygen atoms in total. The maximum absolute atomic E-state index is 12.2. The van der Waals surface area contributed by atoms with Gasteiger partial charge in [-0.05, 0) is 48.2 Å². The first-order valence-corrected chi connectivity index (χ1v) is 10.9. The number of hydrogen-bond acceptors (Lipinski definition) is 5. The Balaban J connectivity index is 1.54. The van der Waals surface area contributed by atoms with Crippen molar-refractivity contribution >= 4 is 33.6 Å². The third kappa shape index (κ3) is 3.28. The van der Waals surface area contributed by atoms with Gasteiger partial charge in [0.25, 0.3) is 0 Å². The van der Waals surface area contributed by atoms with E-state index in [9.17, 15) is 13.4 Å². The Bertz CT molecular complexity index is 961. The van der Waals surface area contributed by atoms with Gasteiger partial charge in [-0.2, -0.15) is 0 Å². The Labute approximate surface area is 153 Å². The van der Waals surface area contributed by atoms with Crippen molar-refractivity contribution in [2.45, 2.75) is 26.7 Å². The van der Waals surface area contributed by atoms with Gasteiger partial charge in [-0.1, -0.05) is 13.8 Å². The summed E-state index contributed by atoms with van der Waals surface area (Å²) in [6.45, 7) is 3.87. The van der Waals surface area contributed by atoms with Gasteiger partial charge >= 0.3 is 7.12 Å². The highest BCUT2D eigenvalue weighted by Crippen LogP contribution is 2.48. The molecule has 1 aliphatic carbocycles. The van der Waals surface area contributed by atoms with E-state index in [-0.39, 0.29) is 29.3 Å². The first-order chi connectivity index (χ1) is 12.3. The smallest absolute Gasteiger partial charge is 0.531 e. The second-order valence-corrected chi connectivity index (χ2v) is 10.0. The first-order valence-electron chi connectivity index (χ1n) is 9.05. The zero-order valence-electron chi connectivity index (χ0n) is 15.0. The number of rotatable bonds is 5. The molecule has 2 aromatic heterocycles. The highest BCUT2D eigenvalue weighted by atomic mass is 32.2. The normalized spacial score (nSPS) is 22.8. The molecular weight excluding hydrogens is 351 g/mol. The van der Waals surface area contributed by atoms with Crippen LogP contribution in [0.15, 0.2) is 24.4 Å². The van der Waals surface area contributed by atoms with E-state index >= 15 is 0 Å². The van der Waals surface area contributed by atoms with Crippen LogP contribution in [0, 0.1) is 17.8 Å². The molecule has 1 saturated carbocycles. The molecule has 3 heterocycles. The summed E-state index contributed by atoms with van der Waals surface area (Å²) in [6.07, 6.45) is 5.11.